The minimum absolute atomic E-state index is 0.134. The van der Waals surface area contributed by atoms with Gasteiger partial charge in [0.15, 0.2) is 0 Å². The number of thiophene rings is 1. The number of esters is 1. The number of aliphatic carboxylic acids is 1. The van der Waals surface area contributed by atoms with E-state index in [2.05, 4.69) is 10.7 Å². The topological polar surface area (TPSA) is 110 Å². The Hall–Kier alpha value is -1.89. The molecule has 2 N–H and O–H groups in total. The van der Waals surface area contributed by atoms with Crippen molar-refractivity contribution in [1.29, 1.82) is 0 Å². The van der Waals surface area contributed by atoms with Gasteiger partial charge in [0.2, 0.25) is 10.0 Å². The monoisotopic (exact) mass is 317 g/mol. The van der Waals surface area contributed by atoms with Crippen LogP contribution in [-0.2, 0) is 19.6 Å². The highest BCUT2D eigenvalue weighted by Crippen LogP contribution is 2.23. The van der Waals surface area contributed by atoms with Crippen LogP contribution in [0.4, 0.5) is 0 Å². The molecule has 1 rings (SSSR count). The molecule has 1 aromatic heterocycles. The minimum Gasteiger partial charge on any atom is -0.480 e. The van der Waals surface area contributed by atoms with Gasteiger partial charge < -0.3 is 9.84 Å². The quantitative estimate of drug-likeness (QED) is 0.576. The van der Waals surface area contributed by atoms with Crippen molar-refractivity contribution in [2.24, 2.45) is 0 Å². The van der Waals surface area contributed by atoms with Crippen LogP contribution in [0.3, 0.4) is 0 Å². The zero-order valence-electron chi connectivity index (χ0n) is 10.3. The molecule has 9 heteroatoms. The number of hydrogen-bond acceptors (Lipinski definition) is 6. The summed E-state index contributed by atoms with van der Waals surface area (Å²) >= 11 is 0.876. The second-order valence-electron chi connectivity index (χ2n) is 3.53. The third-order valence-electron chi connectivity index (χ3n) is 2.21. The standard InChI is InChI=1S/C11H11NO6S2/c1-3-4-7(10(13)14)12-20(16,17)8-5-6-19-9(8)11(15)18-2/h1,5-7,12H,4H2,2H3,(H,13,14). The van der Waals surface area contributed by atoms with Crippen molar-refractivity contribution < 1.29 is 27.9 Å². The molecular weight excluding hydrogens is 306 g/mol. The first-order chi connectivity index (χ1) is 9.33. The van der Waals surface area contributed by atoms with E-state index in [0.29, 0.717) is 0 Å². The summed E-state index contributed by atoms with van der Waals surface area (Å²) in [6, 6.07) is -0.274. The lowest BCUT2D eigenvalue weighted by molar-refractivity contribution is -0.138. The summed E-state index contributed by atoms with van der Waals surface area (Å²) in [5.74, 6) is -0.148. The Bertz CT molecular complexity index is 655. The molecule has 1 unspecified atom stereocenters. The maximum absolute atomic E-state index is 12.1. The summed E-state index contributed by atoms with van der Waals surface area (Å²) in [6.45, 7) is 0. The van der Waals surface area contributed by atoms with E-state index in [1.807, 2.05) is 4.72 Å². The van der Waals surface area contributed by atoms with Gasteiger partial charge in [-0.15, -0.1) is 23.7 Å². The summed E-state index contributed by atoms with van der Waals surface area (Å²) in [7, 11) is -3.07. The Morgan fingerprint density at radius 3 is 2.75 bits per heavy atom. The second kappa shape index (κ2) is 6.51. The van der Waals surface area contributed by atoms with Crippen molar-refractivity contribution >= 4 is 33.3 Å². The molecule has 7 nitrogen and oxygen atoms in total. The van der Waals surface area contributed by atoms with Gasteiger partial charge in [-0.25, -0.2) is 13.2 Å². The van der Waals surface area contributed by atoms with Gasteiger partial charge >= 0.3 is 11.9 Å². The molecule has 20 heavy (non-hydrogen) atoms. The van der Waals surface area contributed by atoms with Gasteiger partial charge in [-0.05, 0) is 11.4 Å². The molecule has 1 heterocycles. The highest BCUT2D eigenvalue weighted by Gasteiger charge is 2.29. The third kappa shape index (κ3) is 3.57. The first-order valence-electron chi connectivity index (χ1n) is 5.18. The summed E-state index contributed by atoms with van der Waals surface area (Å²) in [5, 5.41) is 10.3. The average molecular weight is 317 g/mol. The van der Waals surface area contributed by atoms with E-state index in [4.69, 9.17) is 11.5 Å². The van der Waals surface area contributed by atoms with Crippen LogP contribution < -0.4 is 4.72 Å². The molecule has 0 saturated heterocycles. The minimum atomic E-state index is -4.19. The van der Waals surface area contributed by atoms with Gasteiger partial charge in [0.05, 0.1) is 7.11 Å². The molecule has 0 aliphatic rings. The fraction of sp³-hybridized carbons (Fsp3) is 0.273. The van der Waals surface area contributed by atoms with Crippen molar-refractivity contribution in [3.8, 4) is 12.3 Å². The van der Waals surface area contributed by atoms with Gasteiger partial charge in [-0.3, -0.25) is 4.79 Å². The smallest absolute Gasteiger partial charge is 0.349 e. The van der Waals surface area contributed by atoms with Crippen molar-refractivity contribution in [1.82, 2.24) is 4.72 Å². The van der Waals surface area contributed by atoms with Gasteiger partial charge in [0.25, 0.3) is 0 Å². The Morgan fingerprint density at radius 1 is 1.60 bits per heavy atom. The summed E-state index contributed by atoms with van der Waals surface area (Å²) in [6.07, 6.45) is 4.67. The van der Waals surface area contributed by atoms with Gasteiger partial charge in [0, 0.05) is 6.42 Å². The van der Waals surface area contributed by atoms with Crippen molar-refractivity contribution in [3.05, 3.63) is 16.3 Å². The van der Waals surface area contributed by atoms with Crippen LogP contribution in [0.5, 0.6) is 0 Å². The van der Waals surface area contributed by atoms with Crippen molar-refractivity contribution in [2.45, 2.75) is 17.4 Å². The largest absolute Gasteiger partial charge is 0.480 e. The van der Waals surface area contributed by atoms with Crippen LogP contribution in [0.25, 0.3) is 0 Å². The summed E-state index contributed by atoms with van der Waals surface area (Å²) < 4.78 is 30.6. The number of carboxylic acids is 1. The van der Waals surface area contributed by atoms with E-state index < -0.39 is 28.0 Å². The van der Waals surface area contributed by atoms with Crippen LogP contribution in [0.15, 0.2) is 16.3 Å². The number of rotatable bonds is 6. The third-order valence-corrected chi connectivity index (χ3v) is 4.74. The number of hydrogen-bond donors (Lipinski definition) is 2. The summed E-state index contributed by atoms with van der Waals surface area (Å²) in [5.41, 5.74) is 0. The molecule has 0 bridgehead atoms. The van der Waals surface area contributed by atoms with Crippen molar-refractivity contribution in [3.63, 3.8) is 0 Å². The molecule has 0 amide bonds. The van der Waals surface area contributed by atoms with Crippen LogP contribution in [0, 0.1) is 12.3 Å². The maximum atomic E-state index is 12.1. The predicted octanol–water partition coefficient (Wildman–Crippen LogP) is 0.290. The zero-order chi connectivity index (χ0) is 15.3. The van der Waals surface area contributed by atoms with E-state index in [-0.39, 0.29) is 16.2 Å². The Kier molecular flexibility index (Phi) is 5.26. The van der Waals surface area contributed by atoms with E-state index in [0.717, 1.165) is 18.4 Å². The zero-order valence-corrected chi connectivity index (χ0v) is 12.0. The lowest BCUT2D eigenvalue weighted by Crippen LogP contribution is -2.40. The molecule has 0 fully saturated rings. The molecule has 0 aromatic carbocycles. The number of methoxy groups -OCH3 is 1. The van der Waals surface area contributed by atoms with Gasteiger partial charge in [-0.2, -0.15) is 4.72 Å². The predicted molar refractivity (Wildman–Crippen MR) is 70.9 cm³/mol. The fourth-order valence-electron chi connectivity index (χ4n) is 1.30. The number of nitrogens with one attached hydrogen (secondary N) is 1. The number of terminal acetylenes is 1. The number of carbonyl (C=O) groups excluding carboxylic acids is 1. The van der Waals surface area contributed by atoms with Crippen LogP contribution >= 0.6 is 11.3 Å². The first-order valence-corrected chi connectivity index (χ1v) is 7.54. The molecule has 108 valence electrons. The van der Waals surface area contributed by atoms with Crippen LogP contribution in [0.2, 0.25) is 0 Å². The van der Waals surface area contributed by atoms with Crippen LogP contribution in [0.1, 0.15) is 16.1 Å². The highest BCUT2D eigenvalue weighted by atomic mass is 32.2. The Balaban J connectivity index is 3.12. The summed E-state index contributed by atoms with van der Waals surface area (Å²) in [4.78, 5) is 21.9. The van der Waals surface area contributed by atoms with Crippen LogP contribution in [-0.4, -0.2) is 38.6 Å². The number of carboxylic acid groups (broad SMARTS) is 1. The molecule has 0 spiro atoms. The maximum Gasteiger partial charge on any atom is 0.349 e. The molecule has 1 aromatic rings. The Morgan fingerprint density at radius 2 is 2.25 bits per heavy atom. The number of sulfonamides is 1. The number of ether oxygens (including phenoxy) is 1. The Labute approximate surface area is 119 Å². The molecule has 1 atom stereocenters. The van der Waals surface area contributed by atoms with E-state index in [9.17, 15) is 18.0 Å². The SMILES string of the molecule is C#CCC(NS(=O)(=O)c1ccsc1C(=O)OC)C(=O)O. The lowest BCUT2D eigenvalue weighted by atomic mass is 10.2. The molecule has 0 aliphatic heterocycles. The number of carbonyl (C=O) groups is 2. The van der Waals surface area contributed by atoms with Gasteiger partial charge in [0.1, 0.15) is 15.8 Å². The first kappa shape index (κ1) is 16.2. The van der Waals surface area contributed by atoms with E-state index in [1.54, 1.807) is 0 Å². The molecular formula is C11H11NO6S2. The normalized spacial score (nSPS) is 12.4. The molecule has 0 saturated carbocycles. The van der Waals surface area contributed by atoms with Gasteiger partial charge in [-0.1, -0.05) is 0 Å². The fourth-order valence-corrected chi connectivity index (χ4v) is 3.82. The molecule has 0 aliphatic carbocycles. The highest BCUT2D eigenvalue weighted by molar-refractivity contribution is 7.89. The molecule has 0 radical (unpaired) electrons. The average Bonchev–Trinajstić information content (AvgIpc) is 2.87. The van der Waals surface area contributed by atoms with E-state index >= 15 is 0 Å². The van der Waals surface area contributed by atoms with E-state index in [1.165, 1.54) is 11.4 Å². The second-order valence-corrected chi connectivity index (χ2v) is 6.12. The van der Waals surface area contributed by atoms with Crippen molar-refractivity contribution in [2.75, 3.05) is 7.11 Å². The lowest BCUT2D eigenvalue weighted by Gasteiger charge is -2.12.